The summed E-state index contributed by atoms with van der Waals surface area (Å²) in [6, 6.07) is 0. The summed E-state index contributed by atoms with van der Waals surface area (Å²) in [5.74, 6) is 1.35. The van der Waals surface area contributed by atoms with Gasteiger partial charge >= 0.3 is 0 Å². The van der Waals surface area contributed by atoms with E-state index in [0.717, 1.165) is 38.1 Å². The number of aliphatic hydroxyl groups is 1. The second-order valence-electron chi connectivity index (χ2n) is 4.54. The standard InChI is InChI=1S/C12H20N2O2/c1-14-7-6-13-12(14)5-4-11(15)10-3-2-8-16-9-10/h6-7,10-11,15H,2-5,8-9H2,1H3. The maximum absolute atomic E-state index is 10.0. The lowest BCUT2D eigenvalue weighted by molar-refractivity contribution is -0.0118. The van der Waals surface area contributed by atoms with Crippen molar-refractivity contribution < 1.29 is 9.84 Å². The monoisotopic (exact) mass is 224 g/mol. The third kappa shape index (κ3) is 2.83. The van der Waals surface area contributed by atoms with Crippen molar-refractivity contribution in [2.75, 3.05) is 13.2 Å². The number of rotatable bonds is 4. The van der Waals surface area contributed by atoms with Gasteiger partial charge in [-0.1, -0.05) is 0 Å². The van der Waals surface area contributed by atoms with Gasteiger partial charge < -0.3 is 14.4 Å². The molecule has 0 aliphatic carbocycles. The summed E-state index contributed by atoms with van der Waals surface area (Å²) in [6.07, 6.45) is 7.25. The van der Waals surface area contributed by atoms with E-state index in [-0.39, 0.29) is 6.10 Å². The maximum Gasteiger partial charge on any atom is 0.108 e. The molecule has 1 fully saturated rings. The highest BCUT2D eigenvalue weighted by atomic mass is 16.5. The van der Waals surface area contributed by atoms with E-state index < -0.39 is 0 Å². The van der Waals surface area contributed by atoms with Crippen molar-refractivity contribution in [3.8, 4) is 0 Å². The first-order valence-corrected chi connectivity index (χ1v) is 5.99. The quantitative estimate of drug-likeness (QED) is 0.834. The van der Waals surface area contributed by atoms with Crippen molar-refractivity contribution in [1.82, 2.24) is 9.55 Å². The minimum Gasteiger partial charge on any atom is -0.393 e. The molecule has 0 spiro atoms. The second-order valence-corrected chi connectivity index (χ2v) is 4.54. The molecule has 0 aromatic carbocycles. The lowest BCUT2D eigenvalue weighted by Crippen LogP contribution is -2.29. The summed E-state index contributed by atoms with van der Waals surface area (Å²) in [6.45, 7) is 1.56. The summed E-state index contributed by atoms with van der Waals surface area (Å²) in [5, 5.41) is 10.0. The van der Waals surface area contributed by atoms with Gasteiger partial charge in [-0.2, -0.15) is 0 Å². The van der Waals surface area contributed by atoms with Crippen LogP contribution in [0.1, 0.15) is 25.1 Å². The summed E-state index contributed by atoms with van der Waals surface area (Å²) in [5.41, 5.74) is 0. The van der Waals surface area contributed by atoms with Gasteiger partial charge in [0, 0.05) is 38.4 Å². The van der Waals surface area contributed by atoms with E-state index in [4.69, 9.17) is 4.74 Å². The van der Waals surface area contributed by atoms with Gasteiger partial charge in [-0.05, 0) is 19.3 Å². The van der Waals surface area contributed by atoms with Crippen LogP contribution in [-0.2, 0) is 18.2 Å². The maximum atomic E-state index is 10.0. The van der Waals surface area contributed by atoms with Crippen LogP contribution in [0, 0.1) is 5.92 Å². The molecule has 2 atom stereocenters. The van der Waals surface area contributed by atoms with Gasteiger partial charge in [-0.3, -0.25) is 0 Å². The number of aliphatic hydroxyl groups excluding tert-OH is 1. The fraction of sp³-hybridized carbons (Fsp3) is 0.750. The predicted molar refractivity (Wildman–Crippen MR) is 61.1 cm³/mol. The minimum atomic E-state index is -0.253. The van der Waals surface area contributed by atoms with E-state index in [0.29, 0.717) is 12.5 Å². The molecule has 90 valence electrons. The SMILES string of the molecule is Cn1ccnc1CCC(O)C1CCCOC1. The Bertz CT molecular complexity index is 319. The van der Waals surface area contributed by atoms with Gasteiger partial charge in [0.05, 0.1) is 12.7 Å². The van der Waals surface area contributed by atoms with Crippen molar-refractivity contribution in [2.24, 2.45) is 13.0 Å². The zero-order chi connectivity index (χ0) is 11.4. The topological polar surface area (TPSA) is 47.3 Å². The molecule has 0 bridgehead atoms. The Morgan fingerprint density at radius 3 is 3.19 bits per heavy atom. The van der Waals surface area contributed by atoms with Crippen LogP contribution in [0.4, 0.5) is 0 Å². The average Bonchev–Trinajstić information content (AvgIpc) is 2.73. The summed E-state index contributed by atoms with van der Waals surface area (Å²) >= 11 is 0. The molecule has 0 amide bonds. The van der Waals surface area contributed by atoms with Gasteiger partial charge in [0.2, 0.25) is 0 Å². The molecule has 16 heavy (non-hydrogen) atoms. The highest BCUT2D eigenvalue weighted by Crippen LogP contribution is 2.20. The normalized spacial score (nSPS) is 23.2. The van der Waals surface area contributed by atoms with E-state index in [9.17, 15) is 5.11 Å². The number of hydrogen-bond donors (Lipinski definition) is 1. The Balaban J connectivity index is 1.78. The lowest BCUT2D eigenvalue weighted by Gasteiger charge is -2.26. The first-order valence-electron chi connectivity index (χ1n) is 5.99. The number of ether oxygens (including phenoxy) is 1. The molecule has 0 saturated carbocycles. The molecule has 1 aliphatic heterocycles. The molecule has 2 unspecified atom stereocenters. The predicted octanol–water partition coefficient (Wildman–Crippen LogP) is 1.14. The number of aromatic nitrogens is 2. The average molecular weight is 224 g/mol. The Morgan fingerprint density at radius 1 is 1.69 bits per heavy atom. The van der Waals surface area contributed by atoms with E-state index in [1.54, 1.807) is 6.20 Å². The molecule has 2 heterocycles. The molecule has 1 aliphatic rings. The van der Waals surface area contributed by atoms with Crippen LogP contribution in [0.15, 0.2) is 12.4 Å². The number of hydrogen-bond acceptors (Lipinski definition) is 3. The number of imidazole rings is 1. The second kappa shape index (κ2) is 5.46. The van der Waals surface area contributed by atoms with Crippen LogP contribution >= 0.6 is 0 Å². The van der Waals surface area contributed by atoms with E-state index >= 15 is 0 Å². The smallest absolute Gasteiger partial charge is 0.108 e. The van der Waals surface area contributed by atoms with E-state index in [2.05, 4.69) is 4.98 Å². The van der Waals surface area contributed by atoms with Crippen LogP contribution < -0.4 is 0 Å². The molecule has 1 saturated heterocycles. The van der Waals surface area contributed by atoms with Gasteiger partial charge in [-0.25, -0.2) is 4.98 Å². The van der Waals surface area contributed by atoms with Crippen molar-refractivity contribution in [1.29, 1.82) is 0 Å². The molecular weight excluding hydrogens is 204 g/mol. The first kappa shape index (κ1) is 11.6. The van der Waals surface area contributed by atoms with Crippen LogP contribution in [0.5, 0.6) is 0 Å². The molecule has 2 rings (SSSR count). The summed E-state index contributed by atoms with van der Waals surface area (Å²) < 4.78 is 7.39. The fourth-order valence-corrected chi connectivity index (χ4v) is 2.22. The van der Waals surface area contributed by atoms with E-state index in [1.165, 1.54) is 0 Å². The molecule has 1 N–H and O–H groups in total. The minimum absolute atomic E-state index is 0.253. The number of aryl methyl sites for hydroxylation is 2. The Morgan fingerprint density at radius 2 is 2.56 bits per heavy atom. The first-order chi connectivity index (χ1) is 7.77. The van der Waals surface area contributed by atoms with Crippen molar-refractivity contribution in [3.05, 3.63) is 18.2 Å². The Kier molecular flexibility index (Phi) is 3.96. The molecule has 1 aromatic heterocycles. The van der Waals surface area contributed by atoms with Crippen LogP contribution in [0.25, 0.3) is 0 Å². The number of nitrogens with zero attached hydrogens (tertiary/aromatic N) is 2. The van der Waals surface area contributed by atoms with E-state index in [1.807, 2.05) is 17.8 Å². The Hall–Kier alpha value is -0.870. The third-order valence-corrected chi connectivity index (χ3v) is 3.32. The lowest BCUT2D eigenvalue weighted by atomic mass is 9.93. The largest absolute Gasteiger partial charge is 0.393 e. The van der Waals surface area contributed by atoms with Crippen LogP contribution in [-0.4, -0.2) is 34.0 Å². The summed E-state index contributed by atoms with van der Waals surface area (Å²) in [4.78, 5) is 4.25. The van der Waals surface area contributed by atoms with Crippen molar-refractivity contribution in [3.63, 3.8) is 0 Å². The van der Waals surface area contributed by atoms with Gasteiger partial charge in [0.15, 0.2) is 0 Å². The Labute approximate surface area is 96.3 Å². The van der Waals surface area contributed by atoms with Crippen molar-refractivity contribution in [2.45, 2.75) is 31.8 Å². The van der Waals surface area contributed by atoms with Crippen LogP contribution in [0.2, 0.25) is 0 Å². The zero-order valence-electron chi connectivity index (χ0n) is 9.80. The van der Waals surface area contributed by atoms with Crippen LogP contribution in [0.3, 0.4) is 0 Å². The molecule has 4 nitrogen and oxygen atoms in total. The molecule has 0 radical (unpaired) electrons. The summed E-state index contributed by atoms with van der Waals surface area (Å²) in [7, 11) is 1.98. The zero-order valence-corrected chi connectivity index (χ0v) is 9.80. The van der Waals surface area contributed by atoms with Gasteiger partial charge in [-0.15, -0.1) is 0 Å². The van der Waals surface area contributed by atoms with Gasteiger partial charge in [0.25, 0.3) is 0 Å². The highest BCUT2D eigenvalue weighted by Gasteiger charge is 2.22. The fourth-order valence-electron chi connectivity index (χ4n) is 2.22. The third-order valence-electron chi connectivity index (χ3n) is 3.32. The van der Waals surface area contributed by atoms with Gasteiger partial charge in [0.1, 0.15) is 5.82 Å². The molecule has 4 heteroatoms. The van der Waals surface area contributed by atoms with Crippen molar-refractivity contribution >= 4 is 0 Å². The highest BCUT2D eigenvalue weighted by molar-refractivity contribution is 4.92. The molecule has 1 aromatic rings. The molecular formula is C12H20N2O2.